The molecule has 0 radical (unpaired) electrons. The van der Waals surface area contributed by atoms with Gasteiger partial charge < -0.3 is 11.2 Å². The van der Waals surface area contributed by atoms with Gasteiger partial charge in [-0.3, -0.25) is 9.98 Å². The van der Waals surface area contributed by atoms with Crippen molar-refractivity contribution in [1.82, 2.24) is 4.98 Å². The zero-order chi connectivity index (χ0) is 19.2. The molecule has 0 amide bonds. The van der Waals surface area contributed by atoms with Gasteiger partial charge in [0.2, 0.25) is 0 Å². The molecule has 2 aromatic rings. The lowest BCUT2D eigenvalue weighted by molar-refractivity contribution is -0.141. The van der Waals surface area contributed by atoms with Gasteiger partial charge in [0.1, 0.15) is 5.69 Å². The predicted molar refractivity (Wildman–Crippen MR) is 101 cm³/mol. The first-order valence-corrected chi connectivity index (χ1v) is 8.85. The van der Waals surface area contributed by atoms with E-state index in [4.69, 9.17) is 17.4 Å². The number of benzene rings is 1. The molecule has 0 aliphatic heterocycles. The molecule has 0 bridgehead atoms. The van der Waals surface area contributed by atoms with E-state index >= 15 is 0 Å². The standard InChI is InChI=1S/C16H15ClF3N5S/c1-26-14-3-2-10(6-13(14)17)23-8-12(25-21)9-24-11-4-5-22-15(7-11)16(18,19)20/h2-8H,9,21H2,1H3,(H,22,24). The fraction of sp³-hybridized carbons (Fsp3) is 0.188. The second-order valence-corrected chi connectivity index (χ2v) is 6.23. The van der Waals surface area contributed by atoms with Gasteiger partial charge in [-0.25, -0.2) is 0 Å². The Morgan fingerprint density at radius 1 is 1.35 bits per heavy atom. The van der Waals surface area contributed by atoms with E-state index in [9.17, 15) is 13.2 Å². The number of anilines is 1. The van der Waals surface area contributed by atoms with E-state index in [0.29, 0.717) is 16.4 Å². The molecule has 10 heteroatoms. The zero-order valence-electron chi connectivity index (χ0n) is 13.6. The molecule has 0 unspecified atom stereocenters. The zero-order valence-corrected chi connectivity index (χ0v) is 15.2. The van der Waals surface area contributed by atoms with Gasteiger partial charge in [-0.05, 0) is 36.6 Å². The van der Waals surface area contributed by atoms with Crippen LogP contribution in [0.15, 0.2) is 51.5 Å². The number of hydrogen-bond donors (Lipinski definition) is 2. The van der Waals surface area contributed by atoms with Gasteiger partial charge in [0.15, 0.2) is 0 Å². The van der Waals surface area contributed by atoms with E-state index in [1.807, 2.05) is 12.3 Å². The van der Waals surface area contributed by atoms with E-state index in [1.54, 1.807) is 12.1 Å². The van der Waals surface area contributed by atoms with Gasteiger partial charge in [-0.15, -0.1) is 11.8 Å². The number of nitrogens with zero attached hydrogens (tertiary/aromatic N) is 3. The summed E-state index contributed by atoms with van der Waals surface area (Å²) in [6.45, 7) is 0.0952. The molecule has 0 atom stereocenters. The van der Waals surface area contributed by atoms with Crippen LogP contribution in [-0.2, 0) is 6.18 Å². The maximum absolute atomic E-state index is 12.7. The van der Waals surface area contributed by atoms with Crippen molar-refractivity contribution in [2.24, 2.45) is 15.9 Å². The van der Waals surface area contributed by atoms with Crippen LogP contribution >= 0.6 is 23.4 Å². The number of alkyl halides is 3. The first-order valence-electron chi connectivity index (χ1n) is 7.25. The van der Waals surface area contributed by atoms with Gasteiger partial charge in [0.05, 0.1) is 29.2 Å². The predicted octanol–water partition coefficient (Wildman–Crippen LogP) is 4.60. The molecule has 0 spiro atoms. The lowest BCUT2D eigenvalue weighted by Crippen LogP contribution is -2.17. The number of halogens is 4. The van der Waals surface area contributed by atoms with Crippen molar-refractivity contribution in [2.75, 3.05) is 18.1 Å². The lowest BCUT2D eigenvalue weighted by Gasteiger charge is -2.09. The number of hydrogen-bond acceptors (Lipinski definition) is 6. The molecule has 1 aromatic carbocycles. The van der Waals surface area contributed by atoms with Crippen molar-refractivity contribution in [3.8, 4) is 0 Å². The third-order valence-corrected chi connectivity index (χ3v) is 4.41. The first-order chi connectivity index (χ1) is 12.3. The smallest absolute Gasteiger partial charge is 0.379 e. The Kier molecular flexibility index (Phi) is 6.87. The highest BCUT2D eigenvalue weighted by atomic mass is 35.5. The van der Waals surface area contributed by atoms with Crippen LogP contribution in [-0.4, -0.2) is 29.7 Å². The normalized spacial score (nSPS) is 12.6. The van der Waals surface area contributed by atoms with Gasteiger partial charge in [0.25, 0.3) is 0 Å². The summed E-state index contributed by atoms with van der Waals surface area (Å²) in [5.74, 6) is 5.31. The van der Waals surface area contributed by atoms with Crippen molar-refractivity contribution in [3.05, 3.63) is 47.2 Å². The van der Waals surface area contributed by atoms with Crippen molar-refractivity contribution < 1.29 is 13.2 Å². The molecule has 26 heavy (non-hydrogen) atoms. The van der Waals surface area contributed by atoms with Crippen molar-refractivity contribution >= 4 is 46.7 Å². The molecule has 0 aliphatic carbocycles. The Hall–Kier alpha value is -2.26. The van der Waals surface area contributed by atoms with E-state index < -0.39 is 11.9 Å². The molecule has 1 heterocycles. The monoisotopic (exact) mass is 401 g/mol. The average molecular weight is 402 g/mol. The molecular weight excluding hydrogens is 387 g/mol. The van der Waals surface area contributed by atoms with Crippen LogP contribution in [0.25, 0.3) is 0 Å². The van der Waals surface area contributed by atoms with Gasteiger partial charge in [-0.1, -0.05) is 11.6 Å². The maximum Gasteiger partial charge on any atom is 0.433 e. The quantitative estimate of drug-likeness (QED) is 0.321. The van der Waals surface area contributed by atoms with Crippen molar-refractivity contribution in [1.29, 1.82) is 0 Å². The summed E-state index contributed by atoms with van der Waals surface area (Å²) in [6.07, 6.45) is -0.0957. The lowest BCUT2D eigenvalue weighted by atomic mass is 10.3. The molecule has 1 aromatic heterocycles. The molecule has 0 aliphatic rings. The summed E-state index contributed by atoms with van der Waals surface area (Å²) in [6, 6.07) is 7.65. The summed E-state index contributed by atoms with van der Waals surface area (Å²) in [5.41, 5.74) is 0.220. The first kappa shape index (κ1) is 20.1. The number of hydrazone groups is 1. The summed E-state index contributed by atoms with van der Waals surface area (Å²) in [4.78, 5) is 8.45. The molecule has 0 fully saturated rings. The molecule has 5 nitrogen and oxygen atoms in total. The minimum Gasteiger partial charge on any atom is -0.379 e. The summed E-state index contributed by atoms with van der Waals surface area (Å²) in [7, 11) is 0. The van der Waals surface area contributed by atoms with Crippen LogP contribution in [0.5, 0.6) is 0 Å². The summed E-state index contributed by atoms with van der Waals surface area (Å²) < 4.78 is 38.0. The van der Waals surface area contributed by atoms with Gasteiger partial charge >= 0.3 is 6.18 Å². The number of thioether (sulfide) groups is 1. The van der Waals surface area contributed by atoms with Crippen molar-refractivity contribution in [2.45, 2.75) is 11.1 Å². The van der Waals surface area contributed by atoms with E-state index in [0.717, 1.165) is 17.2 Å². The topological polar surface area (TPSA) is 75.7 Å². The molecule has 3 N–H and O–H groups in total. The number of aliphatic imine (C=N–C) groups is 1. The van der Waals surface area contributed by atoms with E-state index in [1.165, 1.54) is 24.0 Å². The highest BCUT2D eigenvalue weighted by Crippen LogP contribution is 2.29. The highest BCUT2D eigenvalue weighted by Gasteiger charge is 2.32. The minimum atomic E-state index is -4.51. The SMILES string of the molecule is CSc1ccc(N=CC(CNc2ccnc(C(F)(F)F)c2)=NN)cc1Cl. The van der Waals surface area contributed by atoms with Gasteiger partial charge in [0, 0.05) is 16.8 Å². The third kappa shape index (κ3) is 5.63. The van der Waals surface area contributed by atoms with Crippen LogP contribution in [0.4, 0.5) is 24.5 Å². The Morgan fingerprint density at radius 3 is 2.73 bits per heavy atom. The Morgan fingerprint density at radius 2 is 2.12 bits per heavy atom. The summed E-state index contributed by atoms with van der Waals surface area (Å²) in [5, 5.41) is 6.95. The average Bonchev–Trinajstić information content (AvgIpc) is 2.61. The highest BCUT2D eigenvalue weighted by molar-refractivity contribution is 7.98. The Balaban J connectivity index is 2.03. The Bertz CT molecular complexity index is 824. The second kappa shape index (κ2) is 8.91. The maximum atomic E-state index is 12.7. The second-order valence-electron chi connectivity index (χ2n) is 4.98. The molecule has 138 valence electrons. The summed E-state index contributed by atoms with van der Waals surface area (Å²) >= 11 is 7.63. The minimum absolute atomic E-state index is 0.0952. The third-order valence-electron chi connectivity index (χ3n) is 3.19. The number of nitrogens with two attached hydrogens (primary N) is 1. The molecule has 0 saturated heterocycles. The van der Waals surface area contributed by atoms with Crippen LogP contribution in [0, 0.1) is 0 Å². The number of aromatic nitrogens is 1. The molecular formula is C16H15ClF3N5S. The van der Waals surface area contributed by atoms with Crippen LogP contribution in [0.3, 0.4) is 0 Å². The van der Waals surface area contributed by atoms with Crippen molar-refractivity contribution in [3.63, 3.8) is 0 Å². The van der Waals surface area contributed by atoms with E-state index in [-0.39, 0.29) is 12.2 Å². The van der Waals surface area contributed by atoms with Crippen LogP contribution < -0.4 is 11.2 Å². The number of nitrogens with one attached hydrogen (secondary N) is 1. The molecule has 2 rings (SSSR count). The fourth-order valence-electron chi connectivity index (χ4n) is 1.90. The largest absolute Gasteiger partial charge is 0.433 e. The van der Waals surface area contributed by atoms with Crippen LogP contribution in [0.1, 0.15) is 5.69 Å². The molecule has 0 saturated carbocycles. The Labute approximate surface area is 157 Å². The van der Waals surface area contributed by atoms with E-state index in [2.05, 4.69) is 20.4 Å². The van der Waals surface area contributed by atoms with Crippen LogP contribution in [0.2, 0.25) is 5.02 Å². The van der Waals surface area contributed by atoms with Gasteiger partial charge in [-0.2, -0.15) is 18.3 Å². The number of pyridine rings is 1. The number of rotatable bonds is 6. The fourth-order valence-corrected chi connectivity index (χ4v) is 2.76.